The second kappa shape index (κ2) is 5.01. The van der Waals surface area contributed by atoms with Crippen LogP contribution in [0.4, 0.5) is 0 Å². The summed E-state index contributed by atoms with van der Waals surface area (Å²) in [5.41, 5.74) is 5.41. The van der Waals surface area contributed by atoms with Crippen molar-refractivity contribution in [3.05, 3.63) is 24.3 Å². The summed E-state index contributed by atoms with van der Waals surface area (Å²) in [6, 6.07) is 8.02. The molecule has 0 unspecified atom stereocenters. The molecule has 1 fully saturated rings. The molecule has 0 saturated carbocycles. The van der Waals surface area contributed by atoms with Gasteiger partial charge in [-0.15, -0.1) is 5.10 Å². The number of hydrazine groups is 1. The molecule has 0 amide bonds. The molecule has 1 aromatic heterocycles. The molecule has 6 heteroatoms. The molecule has 0 radical (unpaired) electrons. The highest BCUT2D eigenvalue weighted by Crippen LogP contribution is 2.08. The topological polar surface area (TPSA) is 49.2 Å². The van der Waals surface area contributed by atoms with Crippen molar-refractivity contribution in [3.63, 3.8) is 0 Å². The standard InChI is InChI=1S/C12H18N6/c1-16-6-8-17(9-7-16)13-10-18-12-5-3-2-4-11(12)14-15-18/h2-5,13H,6-10H2,1H3. The molecule has 18 heavy (non-hydrogen) atoms. The molecule has 1 saturated heterocycles. The molecule has 1 aliphatic rings. The van der Waals surface area contributed by atoms with E-state index in [9.17, 15) is 0 Å². The summed E-state index contributed by atoms with van der Waals surface area (Å²) in [6.07, 6.45) is 0. The number of hydrogen-bond donors (Lipinski definition) is 1. The molecule has 0 spiro atoms. The number of benzene rings is 1. The Labute approximate surface area is 106 Å². The third-order valence-corrected chi connectivity index (χ3v) is 3.37. The Morgan fingerprint density at radius 3 is 2.78 bits per heavy atom. The normalized spacial score (nSPS) is 18.5. The van der Waals surface area contributed by atoms with E-state index in [1.165, 1.54) is 0 Å². The van der Waals surface area contributed by atoms with E-state index in [-0.39, 0.29) is 0 Å². The molecule has 2 aromatic rings. The summed E-state index contributed by atoms with van der Waals surface area (Å²) in [6.45, 7) is 4.96. The first-order valence-electron chi connectivity index (χ1n) is 6.28. The van der Waals surface area contributed by atoms with Gasteiger partial charge in [0.05, 0.1) is 5.52 Å². The zero-order valence-electron chi connectivity index (χ0n) is 10.6. The van der Waals surface area contributed by atoms with Crippen molar-refractivity contribution in [1.29, 1.82) is 0 Å². The Hall–Kier alpha value is -1.50. The maximum atomic E-state index is 4.16. The van der Waals surface area contributed by atoms with Crippen molar-refractivity contribution in [2.75, 3.05) is 33.2 Å². The minimum absolute atomic E-state index is 0.671. The Morgan fingerprint density at radius 2 is 1.94 bits per heavy atom. The number of piperazine rings is 1. The number of para-hydroxylation sites is 1. The SMILES string of the molecule is CN1CCN(NCn2nnc3ccccc32)CC1. The third-order valence-electron chi connectivity index (χ3n) is 3.37. The minimum Gasteiger partial charge on any atom is -0.304 e. The minimum atomic E-state index is 0.671. The Balaban J connectivity index is 1.63. The van der Waals surface area contributed by atoms with Crippen LogP contribution in [-0.4, -0.2) is 58.1 Å². The lowest BCUT2D eigenvalue weighted by atomic mass is 10.3. The average molecular weight is 246 g/mol. The van der Waals surface area contributed by atoms with E-state index in [0.29, 0.717) is 6.67 Å². The number of fused-ring (bicyclic) bond motifs is 1. The van der Waals surface area contributed by atoms with Crippen LogP contribution in [0.5, 0.6) is 0 Å². The average Bonchev–Trinajstić information content (AvgIpc) is 2.82. The summed E-state index contributed by atoms with van der Waals surface area (Å²) in [4.78, 5) is 2.34. The van der Waals surface area contributed by atoms with Crippen LogP contribution >= 0.6 is 0 Å². The molecule has 0 bridgehead atoms. The first-order chi connectivity index (χ1) is 8.83. The van der Waals surface area contributed by atoms with Crippen LogP contribution in [0.3, 0.4) is 0 Å². The van der Waals surface area contributed by atoms with Gasteiger partial charge in [-0.2, -0.15) is 0 Å². The van der Waals surface area contributed by atoms with Gasteiger partial charge in [0.25, 0.3) is 0 Å². The number of rotatable bonds is 3. The molecule has 1 N–H and O–H groups in total. The van der Waals surface area contributed by atoms with Crippen molar-refractivity contribution in [3.8, 4) is 0 Å². The highest BCUT2D eigenvalue weighted by Gasteiger charge is 2.13. The lowest BCUT2D eigenvalue weighted by Gasteiger charge is -2.32. The fourth-order valence-electron chi connectivity index (χ4n) is 2.17. The molecule has 2 heterocycles. The quantitative estimate of drug-likeness (QED) is 0.835. The van der Waals surface area contributed by atoms with Crippen molar-refractivity contribution in [1.82, 2.24) is 30.3 Å². The summed E-state index contributed by atoms with van der Waals surface area (Å²) in [7, 11) is 2.16. The first-order valence-corrected chi connectivity index (χ1v) is 6.28. The van der Waals surface area contributed by atoms with Crippen molar-refractivity contribution < 1.29 is 0 Å². The Kier molecular flexibility index (Phi) is 3.22. The zero-order chi connectivity index (χ0) is 12.4. The van der Waals surface area contributed by atoms with E-state index in [0.717, 1.165) is 37.2 Å². The molecule has 96 valence electrons. The van der Waals surface area contributed by atoms with Crippen LogP contribution in [-0.2, 0) is 6.67 Å². The van der Waals surface area contributed by atoms with Gasteiger partial charge >= 0.3 is 0 Å². The number of hydrogen-bond acceptors (Lipinski definition) is 5. The van der Waals surface area contributed by atoms with Crippen LogP contribution in [0.1, 0.15) is 0 Å². The Bertz CT molecular complexity index is 514. The van der Waals surface area contributed by atoms with Gasteiger partial charge in [0, 0.05) is 26.2 Å². The number of nitrogens with one attached hydrogen (secondary N) is 1. The highest BCUT2D eigenvalue weighted by atomic mass is 15.6. The van der Waals surface area contributed by atoms with Gasteiger partial charge < -0.3 is 4.90 Å². The smallest absolute Gasteiger partial charge is 0.113 e. The largest absolute Gasteiger partial charge is 0.304 e. The maximum Gasteiger partial charge on any atom is 0.113 e. The molecular formula is C12H18N6. The van der Waals surface area contributed by atoms with Crippen LogP contribution in [0.15, 0.2) is 24.3 Å². The van der Waals surface area contributed by atoms with Crippen LogP contribution in [0, 0.1) is 0 Å². The lowest BCUT2D eigenvalue weighted by Crippen LogP contribution is -2.51. The van der Waals surface area contributed by atoms with Crippen LogP contribution in [0.2, 0.25) is 0 Å². The van der Waals surface area contributed by atoms with E-state index >= 15 is 0 Å². The maximum absolute atomic E-state index is 4.16. The zero-order valence-corrected chi connectivity index (χ0v) is 10.6. The Morgan fingerprint density at radius 1 is 1.17 bits per heavy atom. The van der Waals surface area contributed by atoms with Gasteiger partial charge in [-0.3, -0.25) is 0 Å². The van der Waals surface area contributed by atoms with Gasteiger partial charge in [0.15, 0.2) is 0 Å². The van der Waals surface area contributed by atoms with Gasteiger partial charge in [-0.1, -0.05) is 17.3 Å². The summed E-state index contributed by atoms with van der Waals surface area (Å²) < 4.78 is 1.90. The van der Waals surface area contributed by atoms with Crippen LogP contribution < -0.4 is 5.43 Å². The second-order valence-corrected chi connectivity index (χ2v) is 4.68. The number of nitrogens with zero attached hydrogens (tertiary/aromatic N) is 5. The van der Waals surface area contributed by atoms with Gasteiger partial charge in [0.2, 0.25) is 0 Å². The predicted molar refractivity (Wildman–Crippen MR) is 69.7 cm³/mol. The summed E-state index contributed by atoms with van der Waals surface area (Å²) in [5, 5.41) is 10.5. The van der Waals surface area contributed by atoms with E-state index in [1.807, 2.05) is 28.9 Å². The van der Waals surface area contributed by atoms with E-state index in [1.54, 1.807) is 0 Å². The molecule has 3 rings (SSSR count). The number of likely N-dealkylation sites (N-methyl/N-ethyl adjacent to an activating group) is 1. The lowest BCUT2D eigenvalue weighted by molar-refractivity contribution is 0.0908. The predicted octanol–water partition coefficient (Wildman–Crippen LogP) is 0.141. The molecule has 0 aliphatic carbocycles. The monoisotopic (exact) mass is 246 g/mol. The fourth-order valence-corrected chi connectivity index (χ4v) is 2.17. The van der Waals surface area contributed by atoms with E-state index in [2.05, 4.69) is 32.7 Å². The van der Waals surface area contributed by atoms with Crippen LogP contribution in [0.25, 0.3) is 11.0 Å². The van der Waals surface area contributed by atoms with E-state index in [4.69, 9.17) is 0 Å². The molecule has 1 aromatic carbocycles. The molecule has 0 atom stereocenters. The van der Waals surface area contributed by atoms with Crippen molar-refractivity contribution in [2.24, 2.45) is 0 Å². The van der Waals surface area contributed by atoms with Crippen molar-refractivity contribution in [2.45, 2.75) is 6.67 Å². The van der Waals surface area contributed by atoms with Gasteiger partial charge in [-0.05, 0) is 19.2 Å². The molecule has 6 nitrogen and oxygen atoms in total. The third kappa shape index (κ3) is 2.35. The second-order valence-electron chi connectivity index (χ2n) is 4.68. The summed E-state index contributed by atoms with van der Waals surface area (Å²) in [5.74, 6) is 0. The van der Waals surface area contributed by atoms with Gasteiger partial charge in [-0.25, -0.2) is 15.1 Å². The number of aromatic nitrogens is 3. The molecular weight excluding hydrogens is 228 g/mol. The summed E-state index contributed by atoms with van der Waals surface area (Å²) >= 11 is 0. The first kappa shape index (κ1) is 11.6. The highest BCUT2D eigenvalue weighted by molar-refractivity contribution is 5.73. The molecule has 1 aliphatic heterocycles. The fraction of sp³-hybridized carbons (Fsp3) is 0.500. The van der Waals surface area contributed by atoms with E-state index < -0.39 is 0 Å². The van der Waals surface area contributed by atoms with Crippen molar-refractivity contribution >= 4 is 11.0 Å². The van der Waals surface area contributed by atoms with Gasteiger partial charge in [0.1, 0.15) is 12.2 Å².